The molecule has 4 nitrogen and oxygen atoms in total. The molecule has 3 rings (SSSR count). The van der Waals surface area contributed by atoms with Gasteiger partial charge < -0.3 is 10.1 Å². The van der Waals surface area contributed by atoms with E-state index in [1.807, 2.05) is 0 Å². The van der Waals surface area contributed by atoms with Crippen molar-refractivity contribution in [1.29, 1.82) is 0 Å². The Morgan fingerprint density at radius 1 is 1.15 bits per heavy atom. The van der Waals surface area contributed by atoms with Crippen LogP contribution in [-0.4, -0.2) is 23.7 Å². The Morgan fingerprint density at radius 3 is 2.70 bits per heavy atom. The van der Waals surface area contributed by atoms with Crippen LogP contribution >= 0.6 is 11.6 Å². The molecule has 140 valence electrons. The van der Waals surface area contributed by atoms with E-state index in [-0.39, 0.29) is 18.1 Å². The van der Waals surface area contributed by atoms with Gasteiger partial charge in [0.2, 0.25) is 5.91 Å². The number of halogens is 4. The molecule has 0 unspecified atom stereocenters. The van der Waals surface area contributed by atoms with Gasteiger partial charge in [0.1, 0.15) is 5.75 Å². The van der Waals surface area contributed by atoms with Crippen LogP contribution in [0.2, 0.25) is 5.02 Å². The Kier molecular flexibility index (Phi) is 5.51. The maximum atomic E-state index is 12.3. The summed E-state index contributed by atoms with van der Waals surface area (Å²) in [6.07, 6.45) is -1.32. The van der Waals surface area contributed by atoms with E-state index in [1.54, 1.807) is 30.3 Å². The standard InChI is InChI=1S/C19H14ClF3N2O2/c20-14-3-1-2-12(6-14)7-18(26)25-17-10-24-9-13-8-15(4-5-16(13)17)27-11-19(21,22)23/h1-6,8-10H,7,11H2,(H,25,26). The number of hydrogen-bond donors (Lipinski definition) is 1. The fourth-order valence-corrected chi connectivity index (χ4v) is 2.75. The van der Waals surface area contributed by atoms with Crippen molar-refractivity contribution in [1.82, 2.24) is 4.98 Å². The van der Waals surface area contributed by atoms with E-state index in [0.717, 1.165) is 5.56 Å². The zero-order chi connectivity index (χ0) is 19.4. The maximum absolute atomic E-state index is 12.3. The van der Waals surface area contributed by atoms with Crippen LogP contribution < -0.4 is 10.1 Å². The second kappa shape index (κ2) is 7.84. The molecular weight excluding hydrogens is 381 g/mol. The van der Waals surface area contributed by atoms with Crippen LogP contribution in [0, 0.1) is 0 Å². The van der Waals surface area contributed by atoms with Crippen LogP contribution in [0.4, 0.5) is 18.9 Å². The quantitative estimate of drug-likeness (QED) is 0.661. The molecule has 1 heterocycles. The summed E-state index contributed by atoms with van der Waals surface area (Å²) in [6, 6.07) is 11.4. The largest absolute Gasteiger partial charge is 0.484 e. The van der Waals surface area contributed by atoms with Gasteiger partial charge in [-0.15, -0.1) is 0 Å². The molecule has 0 aliphatic carbocycles. The van der Waals surface area contributed by atoms with Gasteiger partial charge >= 0.3 is 6.18 Å². The molecule has 0 atom stereocenters. The lowest BCUT2D eigenvalue weighted by Gasteiger charge is -2.12. The highest BCUT2D eigenvalue weighted by Gasteiger charge is 2.28. The third-order valence-corrected chi connectivity index (χ3v) is 3.90. The molecule has 3 aromatic rings. The Hall–Kier alpha value is -2.80. The molecule has 1 N–H and O–H groups in total. The average molecular weight is 395 g/mol. The first-order chi connectivity index (χ1) is 12.8. The summed E-state index contributed by atoms with van der Waals surface area (Å²) < 4.78 is 41.6. The number of amides is 1. The van der Waals surface area contributed by atoms with Crippen molar-refractivity contribution in [3.63, 3.8) is 0 Å². The number of aromatic nitrogens is 1. The number of rotatable bonds is 5. The van der Waals surface area contributed by atoms with E-state index in [9.17, 15) is 18.0 Å². The zero-order valence-electron chi connectivity index (χ0n) is 13.9. The van der Waals surface area contributed by atoms with Crippen LogP contribution in [0.1, 0.15) is 5.56 Å². The summed E-state index contributed by atoms with van der Waals surface area (Å²) in [6.45, 7) is -1.37. The van der Waals surface area contributed by atoms with Crippen molar-refractivity contribution in [3.8, 4) is 5.75 Å². The molecule has 2 aromatic carbocycles. The van der Waals surface area contributed by atoms with Gasteiger partial charge in [-0.25, -0.2) is 0 Å². The molecule has 0 aliphatic rings. The minimum absolute atomic E-state index is 0.0732. The number of benzene rings is 2. The zero-order valence-corrected chi connectivity index (χ0v) is 14.6. The summed E-state index contributed by atoms with van der Waals surface area (Å²) in [4.78, 5) is 16.3. The molecule has 0 fully saturated rings. The van der Waals surface area contributed by atoms with E-state index in [4.69, 9.17) is 16.3 Å². The molecule has 0 bridgehead atoms. The first kappa shape index (κ1) is 19.0. The molecule has 0 saturated carbocycles. The second-order valence-corrected chi connectivity index (χ2v) is 6.27. The lowest BCUT2D eigenvalue weighted by atomic mass is 10.1. The number of anilines is 1. The van der Waals surface area contributed by atoms with Crippen molar-refractivity contribution < 1.29 is 22.7 Å². The summed E-state index contributed by atoms with van der Waals surface area (Å²) in [5, 5.41) is 4.50. The monoisotopic (exact) mass is 394 g/mol. The number of nitrogens with zero attached hydrogens (tertiary/aromatic N) is 1. The number of hydrogen-bond acceptors (Lipinski definition) is 3. The average Bonchev–Trinajstić information content (AvgIpc) is 2.59. The highest BCUT2D eigenvalue weighted by atomic mass is 35.5. The smallest absolute Gasteiger partial charge is 0.422 e. The van der Waals surface area contributed by atoms with Crippen molar-refractivity contribution in [3.05, 3.63) is 65.4 Å². The van der Waals surface area contributed by atoms with Gasteiger partial charge in [0.15, 0.2) is 6.61 Å². The SMILES string of the molecule is O=C(Cc1cccc(Cl)c1)Nc1cncc2cc(OCC(F)(F)F)ccc12. The lowest BCUT2D eigenvalue weighted by molar-refractivity contribution is -0.153. The molecule has 8 heteroatoms. The Balaban J connectivity index is 1.75. The van der Waals surface area contributed by atoms with E-state index >= 15 is 0 Å². The first-order valence-electron chi connectivity index (χ1n) is 7.92. The van der Waals surface area contributed by atoms with Crippen LogP contribution in [0.25, 0.3) is 10.8 Å². The van der Waals surface area contributed by atoms with Crippen molar-refractivity contribution >= 4 is 34.0 Å². The molecule has 1 amide bonds. The summed E-state index contributed by atoms with van der Waals surface area (Å²) >= 11 is 5.91. The number of fused-ring (bicyclic) bond motifs is 1. The number of alkyl halides is 3. The Morgan fingerprint density at radius 2 is 1.96 bits per heavy atom. The van der Waals surface area contributed by atoms with Crippen molar-refractivity contribution in [2.75, 3.05) is 11.9 Å². The van der Waals surface area contributed by atoms with Gasteiger partial charge in [0, 0.05) is 22.0 Å². The number of nitrogens with one attached hydrogen (secondary N) is 1. The van der Waals surface area contributed by atoms with E-state index in [0.29, 0.717) is 21.5 Å². The van der Waals surface area contributed by atoms with E-state index in [1.165, 1.54) is 24.5 Å². The Labute approximate surface area is 157 Å². The summed E-state index contributed by atoms with van der Waals surface area (Å²) in [7, 11) is 0. The number of ether oxygens (including phenoxy) is 1. The Bertz CT molecular complexity index is 977. The van der Waals surface area contributed by atoms with Gasteiger partial charge in [0.05, 0.1) is 18.3 Å². The fourth-order valence-electron chi connectivity index (χ4n) is 2.54. The highest BCUT2D eigenvalue weighted by Crippen LogP contribution is 2.27. The molecule has 1 aromatic heterocycles. The predicted octanol–water partition coefficient (Wildman–Crippen LogP) is 5.01. The van der Waals surface area contributed by atoms with Crippen LogP contribution in [-0.2, 0) is 11.2 Å². The highest BCUT2D eigenvalue weighted by molar-refractivity contribution is 6.30. The van der Waals surface area contributed by atoms with Crippen LogP contribution in [0.5, 0.6) is 5.75 Å². The lowest BCUT2D eigenvalue weighted by Crippen LogP contribution is -2.19. The molecular formula is C19H14ClF3N2O2. The minimum atomic E-state index is -4.41. The molecule has 0 spiro atoms. The van der Waals surface area contributed by atoms with Gasteiger partial charge in [-0.2, -0.15) is 13.2 Å². The van der Waals surface area contributed by atoms with Crippen molar-refractivity contribution in [2.24, 2.45) is 0 Å². The van der Waals surface area contributed by atoms with Gasteiger partial charge in [-0.3, -0.25) is 9.78 Å². The number of pyridine rings is 1. The summed E-state index contributed by atoms with van der Waals surface area (Å²) in [5.74, 6) is -0.187. The third kappa shape index (κ3) is 5.34. The second-order valence-electron chi connectivity index (χ2n) is 5.83. The molecule has 0 radical (unpaired) electrons. The van der Waals surface area contributed by atoms with E-state index < -0.39 is 12.8 Å². The van der Waals surface area contributed by atoms with Gasteiger partial charge in [-0.05, 0) is 35.9 Å². The predicted molar refractivity (Wildman–Crippen MR) is 97.1 cm³/mol. The molecule has 27 heavy (non-hydrogen) atoms. The molecule has 0 saturated heterocycles. The normalized spacial score (nSPS) is 11.4. The number of carbonyl (C=O) groups excluding carboxylic acids is 1. The first-order valence-corrected chi connectivity index (χ1v) is 8.29. The van der Waals surface area contributed by atoms with Gasteiger partial charge in [0.25, 0.3) is 0 Å². The molecule has 0 aliphatic heterocycles. The van der Waals surface area contributed by atoms with Crippen molar-refractivity contribution in [2.45, 2.75) is 12.6 Å². The fraction of sp³-hybridized carbons (Fsp3) is 0.158. The van der Waals surface area contributed by atoms with Crippen LogP contribution in [0.15, 0.2) is 54.9 Å². The summed E-state index contributed by atoms with van der Waals surface area (Å²) in [5.41, 5.74) is 1.22. The number of carbonyl (C=O) groups is 1. The van der Waals surface area contributed by atoms with E-state index in [2.05, 4.69) is 10.3 Å². The van der Waals surface area contributed by atoms with Gasteiger partial charge in [-0.1, -0.05) is 23.7 Å². The third-order valence-electron chi connectivity index (χ3n) is 3.66. The maximum Gasteiger partial charge on any atom is 0.422 e. The van der Waals surface area contributed by atoms with Crippen LogP contribution in [0.3, 0.4) is 0 Å². The minimum Gasteiger partial charge on any atom is -0.484 e. The topological polar surface area (TPSA) is 51.2 Å².